The highest BCUT2D eigenvalue weighted by atomic mass is 16.8. The van der Waals surface area contributed by atoms with E-state index in [9.17, 15) is 14.4 Å². The number of carbonyl (C=O) groups is 3. The van der Waals surface area contributed by atoms with Gasteiger partial charge >= 0.3 is 18.1 Å². The molecule has 150 valence electrons. The Labute approximate surface area is 158 Å². The van der Waals surface area contributed by atoms with Crippen molar-refractivity contribution in [2.24, 2.45) is 0 Å². The predicted octanol–water partition coefficient (Wildman–Crippen LogP) is 6.25. The maximum atomic E-state index is 11.3. The fraction of sp³-hybridized carbons (Fsp3) is 0.762. The molecule has 0 aliphatic heterocycles. The van der Waals surface area contributed by atoms with E-state index in [1.807, 2.05) is 0 Å². The second-order valence-corrected chi connectivity index (χ2v) is 6.65. The number of rotatable bonds is 15. The van der Waals surface area contributed by atoms with Crippen molar-refractivity contribution < 1.29 is 23.9 Å². The largest absolute Gasteiger partial charge is 0.524 e. The van der Waals surface area contributed by atoms with Crippen molar-refractivity contribution in [3.63, 3.8) is 0 Å². The van der Waals surface area contributed by atoms with Gasteiger partial charge in [0.05, 0.1) is 0 Å². The summed E-state index contributed by atoms with van der Waals surface area (Å²) < 4.78 is 8.47. The summed E-state index contributed by atoms with van der Waals surface area (Å²) in [5, 5.41) is 0. The molecule has 0 saturated carbocycles. The van der Waals surface area contributed by atoms with Crippen LogP contribution in [0.15, 0.2) is 12.2 Å². The van der Waals surface area contributed by atoms with Crippen molar-refractivity contribution in [3.8, 4) is 0 Å². The van der Waals surface area contributed by atoms with Crippen LogP contribution in [0.2, 0.25) is 0 Å². The summed E-state index contributed by atoms with van der Waals surface area (Å²) >= 11 is 0. The van der Waals surface area contributed by atoms with Crippen molar-refractivity contribution in [3.05, 3.63) is 12.2 Å². The van der Waals surface area contributed by atoms with E-state index in [0.717, 1.165) is 32.6 Å². The molecule has 0 heterocycles. The molecule has 0 rings (SSSR count). The van der Waals surface area contributed by atoms with Gasteiger partial charge in [-0.3, -0.25) is 9.59 Å². The molecule has 0 fully saturated rings. The minimum Gasteiger partial charge on any atom is -0.361 e. The number of unbranched alkanes of at least 4 members (excludes halogenated alkanes) is 11. The van der Waals surface area contributed by atoms with Crippen molar-refractivity contribution in [2.45, 2.75) is 104 Å². The van der Waals surface area contributed by atoms with Gasteiger partial charge in [-0.15, -0.1) is 0 Å². The van der Waals surface area contributed by atoms with E-state index in [4.69, 9.17) is 0 Å². The molecule has 0 aromatic heterocycles. The smallest absolute Gasteiger partial charge is 0.361 e. The van der Waals surface area contributed by atoms with E-state index in [1.54, 1.807) is 0 Å². The number of ether oxygens (including phenoxy) is 2. The topological polar surface area (TPSA) is 69.7 Å². The molecule has 0 aliphatic rings. The number of hydrogen-bond donors (Lipinski definition) is 0. The molecule has 0 bridgehead atoms. The molecule has 0 radical (unpaired) electrons. The molecule has 0 unspecified atom stereocenters. The van der Waals surface area contributed by atoms with Gasteiger partial charge in [-0.05, 0) is 32.1 Å². The van der Waals surface area contributed by atoms with Crippen molar-refractivity contribution >= 4 is 18.1 Å². The summed E-state index contributed by atoms with van der Waals surface area (Å²) in [5.74, 6) is -1.43. The van der Waals surface area contributed by atoms with Crippen LogP contribution in [0.25, 0.3) is 0 Å². The van der Waals surface area contributed by atoms with E-state index in [1.165, 1.54) is 51.4 Å². The zero-order chi connectivity index (χ0) is 19.5. The highest BCUT2D eigenvalue weighted by Crippen LogP contribution is 2.10. The fourth-order valence-electron chi connectivity index (χ4n) is 2.62. The van der Waals surface area contributed by atoms with E-state index in [-0.39, 0.29) is 6.42 Å². The quantitative estimate of drug-likeness (QED) is 0.148. The van der Waals surface area contributed by atoms with E-state index >= 15 is 0 Å². The van der Waals surface area contributed by atoms with Crippen LogP contribution in [0, 0.1) is 0 Å². The van der Waals surface area contributed by atoms with Gasteiger partial charge in [-0.25, -0.2) is 4.79 Å². The molecule has 0 saturated heterocycles. The number of carbonyl (C=O) groups excluding carboxylic acids is 3. The molecule has 0 aromatic carbocycles. The Balaban J connectivity index is 3.32. The second kappa shape index (κ2) is 18.2. The Morgan fingerprint density at radius 3 is 1.73 bits per heavy atom. The minimum atomic E-state index is -1.24. The molecule has 0 aromatic rings. The molecular formula is C21H36O5. The predicted molar refractivity (Wildman–Crippen MR) is 103 cm³/mol. The molecule has 5 heteroatoms. The van der Waals surface area contributed by atoms with Gasteiger partial charge in [0, 0.05) is 13.3 Å². The Morgan fingerprint density at radius 1 is 0.692 bits per heavy atom. The zero-order valence-corrected chi connectivity index (χ0v) is 16.6. The Hall–Kier alpha value is -1.65. The lowest BCUT2D eigenvalue weighted by atomic mass is 10.1. The Bertz CT molecular complexity index is 415. The summed E-state index contributed by atoms with van der Waals surface area (Å²) in [6, 6.07) is 0. The third-order valence-electron chi connectivity index (χ3n) is 4.07. The summed E-state index contributed by atoms with van der Waals surface area (Å²) in [6.07, 6.45) is 18.9. The molecule has 5 nitrogen and oxygen atoms in total. The van der Waals surface area contributed by atoms with Crippen LogP contribution in [0.4, 0.5) is 4.79 Å². The third-order valence-corrected chi connectivity index (χ3v) is 4.07. The van der Waals surface area contributed by atoms with Crippen molar-refractivity contribution in [2.75, 3.05) is 0 Å². The molecule has 0 spiro atoms. The van der Waals surface area contributed by atoms with Crippen LogP contribution >= 0.6 is 0 Å². The van der Waals surface area contributed by atoms with Crippen molar-refractivity contribution in [1.29, 1.82) is 0 Å². The van der Waals surface area contributed by atoms with E-state index in [2.05, 4.69) is 28.5 Å². The first kappa shape index (κ1) is 24.4. The molecule has 0 N–H and O–H groups in total. The maximum absolute atomic E-state index is 11.3. The van der Waals surface area contributed by atoms with E-state index < -0.39 is 18.1 Å². The highest BCUT2D eigenvalue weighted by Gasteiger charge is 2.13. The monoisotopic (exact) mass is 368 g/mol. The maximum Gasteiger partial charge on any atom is 0.524 e. The highest BCUT2D eigenvalue weighted by molar-refractivity contribution is 5.87. The Kier molecular flexibility index (Phi) is 17.0. The van der Waals surface area contributed by atoms with Crippen LogP contribution in [0.3, 0.4) is 0 Å². The lowest BCUT2D eigenvalue weighted by Crippen LogP contribution is -2.15. The normalized spacial score (nSPS) is 10.8. The molecule has 0 atom stereocenters. The Morgan fingerprint density at radius 2 is 1.19 bits per heavy atom. The summed E-state index contributed by atoms with van der Waals surface area (Å²) in [4.78, 5) is 32.8. The van der Waals surface area contributed by atoms with Gasteiger partial charge in [0.15, 0.2) is 0 Å². The average Bonchev–Trinajstić information content (AvgIpc) is 2.57. The van der Waals surface area contributed by atoms with Gasteiger partial charge in [0.1, 0.15) is 0 Å². The lowest BCUT2D eigenvalue weighted by Gasteiger charge is -2.02. The first-order valence-corrected chi connectivity index (χ1v) is 10.1. The summed E-state index contributed by atoms with van der Waals surface area (Å²) in [5.41, 5.74) is 0. The number of esters is 2. The molecular weight excluding hydrogens is 332 g/mol. The first-order chi connectivity index (χ1) is 12.6. The van der Waals surface area contributed by atoms with Crippen LogP contribution in [-0.4, -0.2) is 18.1 Å². The molecule has 0 aliphatic carbocycles. The minimum absolute atomic E-state index is 0.172. The standard InChI is InChI=1S/C21H36O5/c1-3-4-5-6-7-8-9-10-11-12-13-14-15-16-17-18-20(23)26-21(24)25-19(2)22/h10-11H,3-9,12-18H2,1-2H3. The van der Waals surface area contributed by atoms with Crippen LogP contribution in [-0.2, 0) is 19.1 Å². The van der Waals surface area contributed by atoms with Gasteiger partial charge in [0.25, 0.3) is 0 Å². The first-order valence-electron chi connectivity index (χ1n) is 10.1. The number of allylic oxidation sites excluding steroid dienone is 2. The van der Waals surface area contributed by atoms with Gasteiger partial charge in [-0.2, -0.15) is 0 Å². The van der Waals surface area contributed by atoms with Crippen molar-refractivity contribution in [1.82, 2.24) is 0 Å². The SMILES string of the molecule is CCCCCCCCC=CCCCCCCCC(=O)OC(=O)OC(C)=O. The molecule has 0 amide bonds. The van der Waals surface area contributed by atoms with E-state index in [0.29, 0.717) is 6.42 Å². The summed E-state index contributed by atoms with van der Waals surface area (Å²) in [7, 11) is 0. The van der Waals surface area contributed by atoms with Gasteiger partial charge in [0.2, 0.25) is 0 Å². The average molecular weight is 369 g/mol. The molecule has 26 heavy (non-hydrogen) atoms. The lowest BCUT2D eigenvalue weighted by molar-refractivity contribution is -0.145. The van der Waals surface area contributed by atoms with Crippen LogP contribution in [0.5, 0.6) is 0 Å². The van der Waals surface area contributed by atoms with Gasteiger partial charge in [-0.1, -0.05) is 70.4 Å². The van der Waals surface area contributed by atoms with Crippen LogP contribution in [0.1, 0.15) is 104 Å². The van der Waals surface area contributed by atoms with Crippen LogP contribution < -0.4 is 0 Å². The second-order valence-electron chi connectivity index (χ2n) is 6.65. The van der Waals surface area contributed by atoms with Gasteiger partial charge < -0.3 is 9.47 Å². The fourth-order valence-corrected chi connectivity index (χ4v) is 2.62. The zero-order valence-electron chi connectivity index (χ0n) is 16.6. The summed E-state index contributed by atoms with van der Waals surface area (Å²) in [6.45, 7) is 3.32. The number of hydrogen-bond acceptors (Lipinski definition) is 5. The third kappa shape index (κ3) is 18.7.